The quantitative estimate of drug-likeness (QED) is 0.832. The van der Waals surface area contributed by atoms with Gasteiger partial charge in [0.1, 0.15) is 10.8 Å². The van der Waals surface area contributed by atoms with Crippen LogP contribution >= 0.6 is 11.3 Å². The van der Waals surface area contributed by atoms with Crippen molar-refractivity contribution in [3.63, 3.8) is 0 Å². The molecule has 0 bridgehead atoms. The molecule has 2 aromatic rings. The number of nitrogens with zero attached hydrogens (tertiary/aromatic N) is 3. The van der Waals surface area contributed by atoms with Gasteiger partial charge < -0.3 is 5.32 Å². The molecule has 0 radical (unpaired) electrons. The Balaban J connectivity index is 1.95. The highest BCUT2D eigenvalue weighted by atomic mass is 32.1. The molecule has 1 N–H and O–H groups in total. The van der Waals surface area contributed by atoms with E-state index in [0.717, 1.165) is 10.8 Å². The zero-order valence-electron chi connectivity index (χ0n) is 7.77. The summed E-state index contributed by atoms with van der Waals surface area (Å²) in [6.45, 7) is 2.75. The standard InChI is InChI=1S/C9H10N4S/c1-7-5-11-9(14-7)6-10-8-3-2-4-12-13-8/h2-5H,6H2,1H3,(H,10,13). The SMILES string of the molecule is Cc1cnc(CNc2cccnn2)s1. The van der Waals surface area contributed by atoms with Crippen LogP contribution in [-0.4, -0.2) is 15.2 Å². The van der Waals surface area contributed by atoms with Crippen LogP contribution in [-0.2, 0) is 6.54 Å². The van der Waals surface area contributed by atoms with E-state index in [9.17, 15) is 0 Å². The molecule has 0 amide bonds. The van der Waals surface area contributed by atoms with E-state index in [1.165, 1.54) is 4.88 Å². The minimum Gasteiger partial charge on any atom is -0.362 e. The van der Waals surface area contributed by atoms with Crippen LogP contribution in [0, 0.1) is 6.92 Å². The van der Waals surface area contributed by atoms with Crippen LogP contribution in [0.3, 0.4) is 0 Å². The van der Waals surface area contributed by atoms with Crippen LogP contribution in [0.5, 0.6) is 0 Å². The number of anilines is 1. The lowest BCUT2D eigenvalue weighted by molar-refractivity contribution is 0.993. The third kappa shape index (κ3) is 2.26. The zero-order valence-corrected chi connectivity index (χ0v) is 8.58. The molecule has 0 fully saturated rings. The molecule has 2 rings (SSSR count). The third-order valence-electron chi connectivity index (χ3n) is 1.66. The summed E-state index contributed by atoms with van der Waals surface area (Å²) in [7, 11) is 0. The average Bonchev–Trinajstić information content (AvgIpc) is 2.63. The van der Waals surface area contributed by atoms with Gasteiger partial charge in [-0.25, -0.2) is 4.98 Å². The first-order valence-corrected chi connectivity index (χ1v) is 5.09. The molecule has 14 heavy (non-hydrogen) atoms. The van der Waals surface area contributed by atoms with Crippen LogP contribution in [0.15, 0.2) is 24.5 Å². The Hall–Kier alpha value is -1.49. The van der Waals surface area contributed by atoms with Crippen molar-refractivity contribution in [1.82, 2.24) is 15.2 Å². The Morgan fingerprint density at radius 2 is 2.43 bits per heavy atom. The fourth-order valence-corrected chi connectivity index (χ4v) is 1.77. The van der Waals surface area contributed by atoms with Gasteiger partial charge in [0, 0.05) is 17.3 Å². The molecule has 0 saturated carbocycles. The summed E-state index contributed by atoms with van der Waals surface area (Å²) in [5, 5.41) is 11.9. The predicted octanol–water partition coefficient (Wildman–Crippen LogP) is 1.85. The Morgan fingerprint density at radius 3 is 3.07 bits per heavy atom. The first kappa shape index (κ1) is 9.08. The smallest absolute Gasteiger partial charge is 0.148 e. The topological polar surface area (TPSA) is 50.7 Å². The van der Waals surface area contributed by atoms with E-state index in [1.807, 2.05) is 25.3 Å². The van der Waals surface area contributed by atoms with Gasteiger partial charge in [-0.1, -0.05) is 0 Å². The van der Waals surface area contributed by atoms with E-state index in [1.54, 1.807) is 17.5 Å². The highest BCUT2D eigenvalue weighted by Gasteiger charge is 1.98. The first-order valence-electron chi connectivity index (χ1n) is 4.27. The normalized spacial score (nSPS) is 10.1. The van der Waals surface area contributed by atoms with Crippen molar-refractivity contribution in [3.8, 4) is 0 Å². The minimum absolute atomic E-state index is 0.706. The van der Waals surface area contributed by atoms with Crippen molar-refractivity contribution in [2.24, 2.45) is 0 Å². The fraction of sp³-hybridized carbons (Fsp3) is 0.222. The number of hydrogen-bond donors (Lipinski definition) is 1. The molecule has 72 valence electrons. The maximum Gasteiger partial charge on any atom is 0.148 e. The van der Waals surface area contributed by atoms with E-state index in [2.05, 4.69) is 20.5 Å². The lowest BCUT2D eigenvalue weighted by atomic mass is 10.5. The monoisotopic (exact) mass is 206 g/mol. The Bertz CT molecular complexity index is 398. The minimum atomic E-state index is 0.706. The summed E-state index contributed by atoms with van der Waals surface area (Å²) in [6.07, 6.45) is 3.52. The van der Waals surface area contributed by atoms with Gasteiger partial charge in [-0.3, -0.25) is 0 Å². The van der Waals surface area contributed by atoms with E-state index in [-0.39, 0.29) is 0 Å². The number of hydrogen-bond acceptors (Lipinski definition) is 5. The summed E-state index contributed by atoms with van der Waals surface area (Å²) in [6, 6.07) is 3.73. The van der Waals surface area contributed by atoms with Crippen LogP contribution in [0.25, 0.3) is 0 Å². The second-order valence-corrected chi connectivity index (χ2v) is 4.15. The van der Waals surface area contributed by atoms with E-state index < -0.39 is 0 Å². The van der Waals surface area contributed by atoms with Crippen molar-refractivity contribution in [3.05, 3.63) is 34.4 Å². The molecule has 0 atom stereocenters. The number of aromatic nitrogens is 3. The van der Waals surface area contributed by atoms with Gasteiger partial charge in [0.25, 0.3) is 0 Å². The Kier molecular flexibility index (Phi) is 2.69. The third-order valence-corrected chi connectivity index (χ3v) is 2.57. The van der Waals surface area contributed by atoms with Gasteiger partial charge in [-0.05, 0) is 19.1 Å². The number of nitrogens with one attached hydrogen (secondary N) is 1. The fourth-order valence-electron chi connectivity index (χ4n) is 1.05. The summed E-state index contributed by atoms with van der Waals surface area (Å²) in [4.78, 5) is 5.46. The van der Waals surface area contributed by atoms with Crippen molar-refractivity contribution >= 4 is 17.2 Å². The van der Waals surface area contributed by atoms with E-state index >= 15 is 0 Å². The number of thiazole rings is 1. The lowest BCUT2D eigenvalue weighted by Crippen LogP contribution is -2.00. The number of aryl methyl sites for hydroxylation is 1. The molecule has 0 aromatic carbocycles. The maximum atomic E-state index is 4.24. The molecule has 2 heterocycles. The molecule has 0 spiro atoms. The van der Waals surface area contributed by atoms with Crippen LogP contribution in [0.2, 0.25) is 0 Å². The maximum absolute atomic E-state index is 4.24. The first-order chi connectivity index (χ1) is 6.84. The van der Waals surface area contributed by atoms with Crippen molar-refractivity contribution in [2.45, 2.75) is 13.5 Å². The molecular formula is C9H10N4S. The second kappa shape index (κ2) is 4.15. The van der Waals surface area contributed by atoms with E-state index in [4.69, 9.17) is 0 Å². The second-order valence-electron chi connectivity index (χ2n) is 2.83. The Morgan fingerprint density at radius 1 is 1.50 bits per heavy atom. The molecule has 0 aliphatic carbocycles. The summed E-state index contributed by atoms with van der Waals surface area (Å²) < 4.78 is 0. The molecule has 0 unspecified atom stereocenters. The molecule has 0 aliphatic rings. The molecule has 0 aliphatic heterocycles. The van der Waals surface area contributed by atoms with Gasteiger partial charge in [0.05, 0.1) is 6.54 Å². The molecule has 0 saturated heterocycles. The predicted molar refractivity (Wildman–Crippen MR) is 56.2 cm³/mol. The molecule has 2 aromatic heterocycles. The highest BCUT2D eigenvalue weighted by Crippen LogP contribution is 2.12. The van der Waals surface area contributed by atoms with Crippen LogP contribution < -0.4 is 5.32 Å². The zero-order chi connectivity index (χ0) is 9.80. The van der Waals surface area contributed by atoms with Gasteiger partial charge in [-0.15, -0.1) is 16.4 Å². The van der Waals surface area contributed by atoms with Crippen molar-refractivity contribution in [2.75, 3.05) is 5.32 Å². The largest absolute Gasteiger partial charge is 0.362 e. The molecular weight excluding hydrogens is 196 g/mol. The highest BCUT2D eigenvalue weighted by molar-refractivity contribution is 7.11. The van der Waals surface area contributed by atoms with Crippen molar-refractivity contribution in [1.29, 1.82) is 0 Å². The van der Waals surface area contributed by atoms with Crippen molar-refractivity contribution < 1.29 is 0 Å². The van der Waals surface area contributed by atoms with Gasteiger partial charge >= 0.3 is 0 Å². The van der Waals surface area contributed by atoms with Gasteiger partial charge in [0.2, 0.25) is 0 Å². The van der Waals surface area contributed by atoms with Crippen LogP contribution in [0.1, 0.15) is 9.88 Å². The summed E-state index contributed by atoms with van der Waals surface area (Å²) in [5.74, 6) is 0.778. The van der Waals surface area contributed by atoms with Gasteiger partial charge in [-0.2, -0.15) is 5.10 Å². The van der Waals surface area contributed by atoms with Crippen LogP contribution in [0.4, 0.5) is 5.82 Å². The molecule has 5 heteroatoms. The lowest BCUT2D eigenvalue weighted by Gasteiger charge is -2.00. The average molecular weight is 206 g/mol. The van der Waals surface area contributed by atoms with Gasteiger partial charge in [0.15, 0.2) is 0 Å². The summed E-state index contributed by atoms with van der Waals surface area (Å²) >= 11 is 1.69. The number of rotatable bonds is 3. The van der Waals surface area contributed by atoms with E-state index in [0.29, 0.717) is 6.54 Å². The Labute approximate surface area is 86.0 Å². The molecule has 4 nitrogen and oxygen atoms in total. The summed E-state index contributed by atoms with van der Waals surface area (Å²) in [5.41, 5.74) is 0.